The van der Waals surface area contributed by atoms with Crippen LogP contribution >= 0.6 is 0 Å². The van der Waals surface area contributed by atoms with Crippen LogP contribution in [-0.4, -0.2) is 24.8 Å². The Morgan fingerprint density at radius 3 is 2.55 bits per heavy atom. The minimum atomic E-state index is -3.19. The van der Waals surface area contributed by atoms with Crippen LogP contribution in [0.1, 0.15) is 25.1 Å². The zero-order valence-corrected chi connectivity index (χ0v) is 12.2. The second-order valence-corrected chi connectivity index (χ2v) is 6.40. The Hall–Kier alpha value is -1.89. The van der Waals surface area contributed by atoms with Crippen LogP contribution in [0.3, 0.4) is 0 Å². The number of aryl methyl sites for hydroxylation is 1. The van der Waals surface area contributed by atoms with Crippen LogP contribution in [0.15, 0.2) is 33.7 Å². The Morgan fingerprint density at radius 2 is 1.95 bits per heavy atom. The van der Waals surface area contributed by atoms with Crippen LogP contribution in [0.5, 0.6) is 5.75 Å². The molecule has 0 N–H and O–H groups in total. The van der Waals surface area contributed by atoms with Gasteiger partial charge in [-0.1, -0.05) is 12.1 Å². The maximum absolute atomic E-state index is 11.3. The average Bonchev–Trinajstić information content (AvgIpc) is 2.84. The Labute approximate surface area is 117 Å². The van der Waals surface area contributed by atoms with Crippen molar-refractivity contribution in [1.82, 2.24) is 10.1 Å². The maximum Gasteiger partial charge on any atom is 0.264 e. The predicted molar refractivity (Wildman–Crippen MR) is 72.2 cm³/mol. The van der Waals surface area contributed by atoms with Crippen molar-refractivity contribution in [1.29, 1.82) is 0 Å². The molecule has 0 spiro atoms. The van der Waals surface area contributed by atoms with Gasteiger partial charge in [-0.15, -0.1) is 0 Å². The lowest BCUT2D eigenvalue weighted by Crippen LogP contribution is -1.99. The molecule has 2 aromatic rings. The lowest BCUT2D eigenvalue weighted by molar-refractivity contribution is 0.242. The van der Waals surface area contributed by atoms with E-state index < -0.39 is 9.84 Å². The Balaban J connectivity index is 1.96. The van der Waals surface area contributed by atoms with Crippen LogP contribution in [-0.2, 0) is 22.9 Å². The molecular weight excluding hydrogens is 280 g/mol. The minimum absolute atomic E-state index is 0.162. The molecular formula is C13H16N2O4S. The van der Waals surface area contributed by atoms with Crippen LogP contribution < -0.4 is 4.74 Å². The molecule has 0 radical (unpaired) electrons. The van der Waals surface area contributed by atoms with Gasteiger partial charge in [0.15, 0.2) is 22.3 Å². The molecule has 6 nitrogen and oxygen atoms in total. The molecule has 2 rings (SSSR count). The normalized spacial score (nSPS) is 11.5. The summed E-state index contributed by atoms with van der Waals surface area (Å²) in [4.78, 5) is 4.43. The topological polar surface area (TPSA) is 82.3 Å². The Morgan fingerprint density at radius 1 is 1.25 bits per heavy atom. The van der Waals surface area contributed by atoms with Crippen molar-refractivity contribution in [3.63, 3.8) is 0 Å². The van der Waals surface area contributed by atoms with Crippen molar-refractivity contribution >= 4 is 9.84 Å². The fourth-order valence-electron chi connectivity index (χ4n) is 1.60. The fourth-order valence-corrected chi connectivity index (χ4v) is 2.23. The predicted octanol–water partition coefficient (Wildman–Crippen LogP) is 2.00. The first kappa shape index (κ1) is 14.5. The van der Waals surface area contributed by atoms with E-state index in [0.717, 1.165) is 19.1 Å². The number of benzene rings is 1. The number of nitrogens with zero attached hydrogens (tertiary/aromatic N) is 2. The van der Waals surface area contributed by atoms with Gasteiger partial charge in [-0.2, -0.15) is 4.98 Å². The van der Waals surface area contributed by atoms with E-state index in [-0.39, 0.29) is 11.5 Å². The molecule has 0 aliphatic rings. The molecule has 20 heavy (non-hydrogen) atoms. The second kappa shape index (κ2) is 6.04. The summed E-state index contributed by atoms with van der Waals surface area (Å²) in [5.74, 6) is 1.62. The van der Waals surface area contributed by atoms with Gasteiger partial charge in [0.1, 0.15) is 5.75 Å². The van der Waals surface area contributed by atoms with E-state index in [1.807, 2.05) is 6.92 Å². The summed E-state index contributed by atoms with van der Waals surface area (Å²) in [6, 6.07) is 6.20. The second-order valence-electron chi connectivity index (χ2n) is 4.39. The molecule has 0 aliphatic carbocycles. The Kier molecular flexibility index (Phi) is 4.39. The number of hydrogen-bond acceptors (Lipinski definition) is 6. The van der Waals surface area contributed by atoms with Crippen molar-refractivity contribution in [2.45, 2.75) is 31.3 Å². The van der Waals surface area contributed by atoms with Crippen molar-refractivity contribution in [3.8, 4) is 5.75 Å². The van der Waals surface area contributed by atoms with Crippen molar-refractivity contribution in [3.05, 3.63) is 36.0 Å². The summed E-state index contributed by atoms with van der Waals surface area (Å²) in [5, 5.41) is 3.82. The van der Waals surface area contributed by atoms with E-state index in [4.69, 9.17) is 9.26 Å². The molecule has 0 aliphatic heterocycles. The van der Waals surface area contributed by atoms with E-state index in [2.05, 4.69) is 10.1 Å². The lowest BCUT2D eigenvalue weighted by atomic mass is 10.3. The van der Waals surface area contributed by atoms with Gasteiger partial charge in [-0.05, 0) is 30.7 Å². The standard InChI is InChI=1S/C13H16N2O4S/c1-3-4-12-14-13(19-15-12)9-18-10-5-7-11(8-6-10)20(2,16)17/h5-8H,3-4,9H2,1-2H3. The van der Waals surface area contributed by atoms with E-state index in [0.29, 0.717) is 17.5 Å². The van der Waals surface area contributed by atoms with Gasteiger partial charge in [0, 0.05) is 12.7 Å². The van der Waals surface area contributed by atoms with E-state index >= 15 is 0 Å². The number of rotatable bonds is 6. The SMILES string of the molecule is CCCc1noc(COc2ccc(S(C)(=O)=O)cc2)n1. The van der Waals surface area contributed by atoms with Gasteiger partial charge in [-0.25, -0.2) is 8.42 Å². The highest BCUT2D eigenvalue weighted by molar-refractivity contribution is 7.90. The number of hydrogen-bond donors (Lipinski definition) is 0. The van der Waals surface area contributed by atoms with Crippen LogP contribution in [0.2, 0.25) is 0 Å². The molecule has 1 aromatic carbocycles. The highest BCUT2D eigenvalue weighted by Gasteiger charge is 2.08. The van der Waals surface area contributed by atoms with Gasteiger partial charge >= 0.3 is 0 Å². The molecule has 1 aromatic heterocycles. The molecule has 0 fully saturated rings. The molecule has 0 saturated carbocycles. The summed E-state index contributed by atoms with van der Waals surface area (Å²) in [7, 11) is -3.19. The summed E-state index contributed by atoms with van der Waals surface area (Å²) < 4.78 is 33.1. The number of sulfone groups is 1. The summed E-state index contributed by atoms with van der Waals surface area (Å²) in [5.41, 5.74) is 0. The highest BCUT2D eigenvalue weighted by atomic mass is 32.2. The Bertz CT molecular complexity index is 662. The van der Waals surface area contributed by atoms with E-state index in [9.17, 15) is 8.42 Å². The first-order chi connectivity index (χ1) is 9.49. The zero-order chi connectivity index (χ0) is 14.6. The first-order valence-corrected chi connectivity index (χ1v) is 8.12. The molecule has 0 unspecified atom stereocenters. The van der Waals surface area contributed by atoms with E-state index in [1.165, 1.54) is 12.1 Å². The van der Waals surface area contributed by atoms with Crippen LogP contribution in [0.4, 0.5) is 0 Å². The molecule has 1 heterocycles. The third kappa shape index (κ3) is 3.80. The molecule has 0 atom stereocenters. The maximum atomic E-state index is 11.3. The first-order valence-electron chi connectivity index (χ1n) is 6.23. The van der Waals surface area contributed by atoms with Crippen molar-refractivity contribution in [2.24, 2.45) is 0 Å². The third-order valence-electron chi connectivity index (χ3n) is 2.60. The summed E-state index contributed by atoms with van der Waals surface area (Å²) >= 11 is 0. The number of aromatic nitrogens is 2. The third-order valence-corrected chi connectivity index (χ3v) is 3.73. The molecule has 0 bridgehead atoms. The quantitative estimate of drug-likeness (QED) is 0.811. The smallest absolute Gasteiger partial charge is 0.264 e. The van der Waals surface area contributed by atoms with Gasteiger partial charge in [0.25, 0.3) is 5.89 Å². The van der Waals surface area contributed by atoms with Crippen LogP contribution in [0, 0.1) is 0 Å². The van der Waals surface area contributed by atoms with E-state index in [1.54, 1.807) is 12.1 Å². The summed E-state index contributed by atoms with van der Waals surface area (Å²) in [6.45, 7) is 2.20. The largest absolute Gasteiger partial charge is 0.484 e. The number of ether oxygens (including phenoxy) is 1. The van der Waals surface area contributed by atoms with Gasteiger partial charge in [-0.3, -0.25) is 0 Å². The molecule has 0 amide bonds. The van der Waals surface area contributed by atoms with Gasteiger partial charge in [0.05, 0.1) is 4.90 Å². The summed E-state index contributed by atoms with van der Waals surface area (Å²) in [6.07, 6.45) is 2.88. The average molecular weight is 296 g/mol. The molecule has 108 valence electrons. The molecule has 0 saturated heterocycles. The van der Waals surface area contributed by atoms with Gasteiger partial charge < -0.3 is 9.26 Å². The van der Waals surface area contributed by atoms with Crippen molar-refractivity contribution in [2.75, 3.05) is 6.26 Å². The lowest BCUT2D eigenvalue weighted by Gasteiger charge is -2.03. The fraction of sp³-hybridized carbons (Fsp3) is 0.385. The van der Waals surface area contributed by atoms with Gasteiger partial charge in [0.2, 0.25) is 0 Å². The molecule has 7 heteroatoms. The van der Waals surface area contributed by atoms with Crippen molar-refractivity contribution < 1.29 is 17.7 Å². The monoisotopic (exact) mass is 296 g/mol. The highest BCUT2D eigenvalue weighted by Crippen LogP contribution is 2.16. The van der Waals surface area contributed by atoms with Crippen LogP contribution in [0.25, 0.3) is 0 Å². The zero-order valence-electron chi connectivity index (χ0n) is 11.4. The minimum Gasteiger partial charge on any atom is -0.484 e.